The molecule has 1 N–H and O–H groups in total. The van der Waals surface area contributed by atoms with Crippen LogP contribution in [0.2, 0.25) is 0 Å². The standard InChI is InChI=1S/C13H17F2N/c1-16-11-4-2-3-9(7-11)10-5-6-12(14)13(15)8-10/h5-6,8-9,11,16H,2-4,7H2,1H3. The van der Waals surface area contributed by atoms with Gasteiger partial charge in [0.15, 0.2) is 11.6 Å². The average molecular weight is 225 g/mol. The Morgan fingerprint density at radius 1 is 1.19 bits per heavy atom. The van der Waals surface area contributed by atoms with Gasteiger partial charge in [0.25, 0.3) is 0 Å². The quantitative estimate of drug-likeness (QED) is 0.815. The molecule has 2 rings (SSSR count). The van der Waals surface area contributed by atoms with Crippen LogP contribution >= 0.6 is 0 Å². The molecule has 1 fully saturated rings. The summed E-state index contributed by atoms with van der Waals surface area (Å²) in [7, 11) is 1.96. The van der Waals surface area contributed by atoms with E-state index < -0.39 is 11.6 Å². The molecule has 1 saturated carbocycles. The van der Waals surface area contributed by atoms with Gasteiger partial charge in [0.2, 0.25) is 0 Å². The van der Waals surface area contributed by atoms with Gasteiger partial charge in [-0.05, 0) is 49.9 Å². The Morgan fingerprint density at radius 3 is 2.69 bits per heavy atom. The first-order valence-corrected chi connectivity index (χ1v) is 5.83. The van der Waals surface area contributed by atoms with Gasteiger partial charge < -0.3 is 5.32 Å². The lowest BCUT2D eigenvalue weighted by atomic mass is 9.81. The molecule has 0 heterocycles. The molecule has 0 aliphatic heterocycles. The summed E-state index contributed by atoms with van der Waals surface area (Å²) < 4.78 is 25.9. The lowest BCUT2D eigenvalue weighted by Crippen LogP contribution is -2.30. The second-order valence-corrected chi connectivity index (χ2v) is 4.52. The van der Waals surface area contributed by atoms with Crippen molar-refractivity contribution in [2.24, 2.45) is 0 Å². The van der Waals surface area contributed by atoms with Crippen molar-refractivity contribution in [1.82, 2.24) is 5.32 Å². The van der Waals surface area contributed by atoms with Crippen LogP contribution in [0.1, 0.15) is 37.2 Å². The average Bonchev–Trinajstić information content (AvgIpc) is 2.33. The summed E-state index contributed by atoms with van der Waals surface area (Å²) >= 11 is 0. The second-order valence-electron chi connectivity index (χ2n) is 4.52. The second kappa shape index (κ2) is 4.91. The number of hydrogen-bond donors (Lipinski definition) is 1. The lowest BCUT2D eigenvalue weighted by Gasteiger charge is -2.29. The largest absolute Gasteiger partial charge is 0.317 e. The van der Waals surface area contributed by atoms with Gasteiger partial charge >= 0.3 is 0 Å². The van der Waals surface area contributed by atoms with Crippen molar-refractivity contribution in [1.29, 1.82) is 0 Å². The van der Waals surface area contributed by atoms with Crippen molar-refractivity contribution in [3.05, 3.63) is 35.4 Å². The fourth-order valence-electron chi connectivity index (χ4n) is 2.52. The fraction of sp³-hybridized carbons (Fsp3) is 0.538. The third kappa shape index (κ3) is 2.40. The van der Waals surface area contributed by atoms with Crippen molar-refractivity contribution in [3.63, 3.8) is 0 Å². The van der Waals surface area contributed by atoms with E-state index in [9.17, 15) is 8.78 Å². The van der Waals surface area contributed by atoms with E-state index in [1.807, 2.05) is 7.05 Å². The molecular weight excluding hydrogens is 208 g/mol. The molecule has 1 aromatic rings. The molecule has 16 heavy (non-hydrogen) atoms. The minimum absolute atomic E-state index is 0.362. The van der Waals surface area contributed by atoms with Gasteiger partial charge in [-0.3, -0.25) is 0 Å². The van der Waals surface area contributed by atoms with Gasteiger partial charge in [0, 0.05) is 6.04 Å². The number of benzene rings is 1. The minimum Gasteiger partial charge on any atom is -0.317 e. The Kier molecular flexibility index (Phi) is 3.54. The third-order valence-corrected chi connectivity index (χ3v) is 3.50. The zero-order valence-corrected chi connectivity index (χ0v) is 9.47. The van der Waals surface area contributed by atoms with E-state index >= 15 is 0 Å². The highest BCUT2D eigenvalue weighted by Gasteiger charge is 2.22. The fourth-order valence-corrected chi connectivity index (χ4v) is 2.52. The molecule has 0 saturated heterocycles. The molecule has 1 aromatic carbocycles. The zero-order valence-electron chi connectivity index (χ0n) is 9.47. The molecule has 2 unspecified atom stereocenters. The van der Waals surface area contributed by atoms with Gasteiger partial charge in [-0.15, -0.1) is 0 Å². The van der Waals surface area contributed by atoms with Gasteiger partial charge in [-0.1, -0.05) is 12.5 Å². The SMILES string of the molecule is CNC1CCCC(c2ccc(F)c(F)c2)C1. The first-order chi connectivity index (χ1) is 7.70. The highest BCUT2D eigenvalue weighted by molar-refractivity contribution is 5.22. The van der Waals surface area contributed by atoms with Gasteiger partial charge in [0.05, 0.1) is 0 Å². The minimum atomic E-state index is -0.760. The summed E-state index contributed by atoms with van der Waals surface area (Å²) in [6.45, 7) is 0. The summed E-state index contributed by atoms with van der Waals surface area (Å²) in [6.07, 6.45) is 4.41. The van der Waals surface area contributed by atoms with Crippen molar-refractivity contribution >= 4 is 0 Å². The van der Waals surface area contributed by atoms with E-state index in [1.165, 1.54) is 18.6 Å². The van der Waals surface area contributed by atoms with Crippen LogP contribution in [-0.2, 0) is 0 Å². The zero-order chi connectivity index (χ0) is 11.5. The summed E-state index contributed by atoms with van der Waals surface area (Å²) in [5, 5.41) is 3.26. The van der Waals surface area contributed by atoms with E-state index in [2.05, 4.69) is 5.32 Å². The first-order valence-electron chi connectivity index (χ1n) is 5.83. The third-order valence-electron chi connectivity index (χ3n) is 3.50. The topological polar surface area (TPSA) is 12.0 Å². The van der Waals surface area contributed by atoms with Crippen molar-refractivity contribution < 1.29 is 8.78 Å². The molecule has 1 aliphatic carbocycles. The molecule has 1 aliphatic rings. The van der Waals surface area contributed by atoms with Crippen LogP contribution in [0.25, 0.3) is 0 Å². The maximum absolute atomic E-state index is 13.1. The van der Waals surface area contributed by atoms with Crippen molar-refractivity contribution in [2.45, 2.75) is 37.6 Å². The Morgan fingerprint density at radius 2 is 2.00 bits per heavy atom. The molecular formula is C13H17F2N. The monoisotopic (exact) mass is 225 g/mol. The number of hydrogen-bond acceptors (Lipinski definition) is 1. The van der Waals surface area contributed by atoms with Crippen LogP contribution in [0.3, 0.4) is 0 Å². The highest BCUT2D eigenvalue weighted by atomic mass is 19.2. The molecule has 0 aromatic heterocycles. The van der Waals surface area contributed by atoms with Crippen LogP contribution < -0.4 is 5.32 Å². The maximum Gasteiger partial charge on any atom is 0.159 e. The predicted molar refractivity (Wildman–Crippen MR) is 60.4 cm³/mol. The Labute approximate surface area is 94.9 Å². The highest BCUT2D eigenvalue weighted by Crippen LogP contribution is 2.33. The van der Waals surface area contributed by atoms with Crippen LogP contribution in [0, 0.1) is 11.6 Å². The van der Waals surface area contributed by atoms with Crippen LogP contribution in [0.5, 0.6) is 0 Å². The van der Waals surface area contributed by atoms with Crippen LogP contribution in [-0.4, -0.2) is 13.1 Å². The molecule has 3 heteroatoms. The number of halogens is 2. The summed E-state index contributed by atoms with van der Waals surface area (Å²) in [4.78, 5) is 0. The van der Waals surface area contributed by atoms with Gasteiger partial charge in [-0.25, -0.2) is 8.78 Å². The molecule has 88 valence electrons. The van der Waals surface area contributed by atoms with Crippen LogP contribution in [0.4, 0.5) is 8.78 Å². The van der Waals surface area contributed by atoms with Crippen LogP contribution in [0.15, 0.2) is 18.2 Å². The Hall–Kier alpha value is -0.960. The summed E-state index contributed by atoms with van der Waals surface area (Å²) in [5.41, 5.74) is 0.929. The van der Waals surface area contributed by atoms with Crippen molar-refractivity contribution in [3.8, 4) is 0 Å². The Bertz CT molecular complexity index is 365. The van der Waals surface area contributed by atoms with E-state index in [-0.39, 0.29) is 0 Å². The van der Waals surface area contributed by atoms with Gasteiger partial charge in [0.1, 0.15) is 0 Å². The summed E-state index contributed by atoms with van der Waals surface area (Å²) in [5.74, 6) is -1.13. The van der Waals surface area contributed by atoms with E-state index in [4.69, 9.17) is 0 Å². The first kappa shape index (κ1) is 11.5. The Balaban J connectivity index is 2.13. The number of rotatable bonds is 2. The van der Waals surface area contributed by atoms with Crippen molar-refractivity contribution in [2.75, 3.05) is 7.05 Å². The number of nitrogens with one attached hydrogen (secondary N) is 1. The molecule has 0 amide bonds. The van der Waals surface area contributed by atoms with Gasteiger partial charge in [-0.2, -0.15) is 0 Å². The van der Waals surface area contributed by atoms with E-state index in [0.717, 1.165) is 24.8 Å². The van der Waals surface area contributed by atoms with E-state index in [1.54, 1.807) is 6.07 Å². The summed E-state index contributed by atoms with van der Waals surface area (Å²) in [6, 6.07) is 4.79. The molecule has 1 nitrogen and oxygen atoms in total. The molecule has 2 atom stereocenters. The molecule has 0 radical (unpaired) electrons. The normalized spacial score (nSPS) is 25.7. The predicted octanol–water partition coefficient (Wildman–Crippen LogP) is 3.21. The smallest absolute Gasteiger partial charge is 0.159 e. The molecule has 0 bridgehead atoms. The molecule has 0 spiro atoms. The van der Waals surface area contributed by atoms with E-state index in [0.29, 0.717) is 12.0 Å². The lowest BCUT2D eigenvalue weighted by molar-refractivity contribution is 0.354. The maximum atomic E-state index is 13.1.